The molecule has 0 unspecified atom stereocenters. The second-order valence-electron chi connectivity index (χ2n) is 5.37. The lowest BCUT2D eigenvalue weighted by Gasteiger charge is -2.10. The van der Waals surface area contributed by atoms with Gasteiger partial charge in [0.25, 0.3) is 0 Å². The summed E-state index contributed by atoms with van der Waals surface area (Å²) >= 11 is 0. The zero-order chi connectivity index (χ0) is 15.5. The number of aromatic nitrogens is 2. The Morgan fingerprint density at radius 2 is 1.13 bits per heavy atom. The summed E-state index contributed by atoms with van der Waals surface area (Å²) in [5.74, 6) is 0. The average molecular weight is 293 g/mol. The Kier molecular flexibility index (Phi) is 3.61. The van der Waals surface area contributed by atoms with Gasteiger partial charge < -0.3 is 0 Å². The SMILES string of the molecule is [B](c1ccccc1)c1nc2ccccc2nc1-c1ccccc1. The predicted octanol–water partition coefficient (Wildman–Crippen LogP) is 2.95. The molecule has 0 saturated heterocycles. The molecule has 3 aromatic carbocycles. The lowest BCUT2D eigenvalue weighted by Crippen LogP contribution is -2.32. The third kappa shape index (κ3) is 2.86. The van der Waals surface area contributed by atoms with Crippen LogP contribution < -0.4 is 11.1 Å². The van der Waals surface area contributed by atoms with Gasteiger partial charge in [-0.3, -0.25) is 4.98 Å². The van der Waals surface area contributed by atoms with Crippen LogP contribution in [0.15, 0.2) is 84.9 Å². The molecule has 23 heavy (non-hydrogen) atoms. The van der Waals surface area contributed by atoms with Crippen LogP contribution in [0.25, 0.3) is 22.3 Å². The van der Waals surface area contributed by atoms with Crippen molar-refractivity contribution >= 4 is 29.4 Å². The highest BCUT2D eigenvalue weighted by molar-refractivity contribution is 6.67. The van der Waals surface area contributed by atoms with Gasteiger partial charge in [0.05, 0.1) is 16.7 Å². The van der Waals surface area contributed by atoms with Crippen LogP contribution in [0.4, 0.5) is 0 Å². The maximum absolute atomic E-state index is 4.85. The maximum atomic E-state index is 4.85. The molecule has 1 aromatic heterocycles. The highest BCUT2D eigenvalue weighted by Crippen LogP contribution is 2.17. The largest absolute Gasteiger partial charge is 0.259 e. The van der Waals surface area contributed by atoms with Crippen LogP contribution in [0.5, 0.6) is 0 Å². The van der Waals surface area contributed by atoms with E-state index in [1.807, 2.05) is 60.7 Å². The molecule has 0 aliphatic carbocycles. The third-order valence-corrected chi connectivity index (χ3v) is 3.75. The zero-order valence-corrected chi connectivity index (χ0v) is 12.6. The lowest BCUT2D eigenvalue weighted by atomic mass is 9.65. The minimum absolute atomic E-state index is 0.890. The van der Waals surface area contributed by atoms with Gasteiger partial charge in [-0.15, -0.1) is 0 Å². The van der Waals surface area contributed by atoms with Gasteiger partial charge in [0, 0.05) is 11.2 Å². The van der Waals surface area contributed by atoms with E-state index in [0.717, 1.165) is 33.3 Å². The second kappa shape index (κ2) is 6.05. The number of rotatable bonds is 3. The fourth-order valence-electron chi connectivity index (χ4n) is 2.63. The first kappa shape index (κ1) is 13.7. The second-order valence-corrected chi connectivity index (χ2v) is 5.37. The first-order valence-electron chi connectivity index (χ1n) is 7.62. The Hall–Kier alpha value is -2.94. The van der Waals surface area contributed by atoms with Crippen molar-refractivity contribution in [3.8, 4) is 11.3 Å². The molecule has 0 aliphatic rings. The molecule has 0 fully saturated rings. The van der Waals surface area contributed by atoms with E-state index < -0.39 is 0 Å². The summed E-state index contributed by atoms with van der Waals surface area (Å²) in [6.45, 7) is 0. The summed E-state index contributed by atoms with van der Waals surface area (Å²) in [5, 5.41) is 0. The van der Waals surface area contributed by atoms with Gasteiger partial charge in [0.2, 0.25) is 7.28 Å². The molecular weight excluding hydrogens is 279 g/mol. The quantitative estimate of drug-likeness (QED) is 0.543. The van der Waals surface area contributed by atoms with Crippen molar-refractivity contribution in [1.29, 1.82) is 0 Å². The monoisotopic (exact) mass is 293 g/mol. The van der Waals surface area contributed by atoms with Gasteiger partial charge in [-0.2, -0.15) is 0 Å². The van der Waals surface area contributed by atoms with E-state index in [-0.39, 0.29) is 0 Å². The molecule has 1 heterocycles. The highest BCUT2D eigenvalue weighted by Gasteiger charge is 2.12. The number of para-hydroxylation sites is 2. The van der Waals surface area contributed by atoms with E-state index in [2.05, 4.69) is 31.5 Å². The van der Waals surface area contributed by atoms with E-state index in [0.29, 0.717) is 0 Å². The molecular formula is C20H14BN2. The minimum atomic E-state index is 0.890. The number of nitrogens with zero attached hydrogens (tertiary/aromatic N) is 2. The minimum Gasteiger partial charge on any atom is -0.259 e. The summed E-state index contributed by atoms with van der Waals surface area (Å²) in [7, 11) is 2.09. The Morgan fingerprint density at radius 3 is 1.83 bits per heavy atom. The highest BCUT2D eigenvalue weighted by atomic mass is 14.8. The number of benzene rings is 3. The van der Waals surface area contributed by atoms with Crippen LogP contribution in [0, 0.1) is 0 Å². The fourth-order valence-corrected chi connectivity index (χ4v) is 2.63. The van der Waals surface area contributed by atoms with Crippen molar-refractivity contribution in [2.75, 3.05) is 0 Å². The molecule has 0 N–H and O–H groups in total. The lowest BCUT2D eigenvalue weighted by molar-refractivity contribution is 1.33. The smallest absolute Gasteiger partial charge is 0.220 e. The fraction of sp³-hybridized carbons (Fsp3) is 0. The molecule has 2 nitrogen and oxygen atoms in total. The Bertz CT molecular complexity index is 937. The summed E-state index contributed by atoms with van der Waals surface area (Å²) in [6, 6.07) is 28.4. The number of fused-ring (bicyclic) bond motifs is 1. The molecule has 0 amide bonds. The zero-order valence-electron chi connectivity index (χ0n) is 12.6. The van der Waals surface area contributed by atoms with Crippen LogP contribution in [0.3, 0.4) is 0 Å². The summed E-state index contributed by atoms with van der Waals surface area (Å²) in [6.07, 6.45) is 0. The van der Waals surface area contributed by atoms with Gasteiger partial charge in [-0.1, -0.05) is 78.3 Å². The van der Waals surface area contributed by atoms with Crippen molar-refractivity contribution in [3.05, 3.63) is 84.9 Å². The molecule has 3 heteroatoms. The molecule has 1 radical (unpaired) electrons. The van der Waals surface area contributed by atoms with E-state index in [9.17, 15) is 0 Å². The summed E-state index contributed by atoms with van der Waals surface area (Å²) < 4.78 is 0. The molecule has 107 valence electrons. The van der Waals surface area contributed by atoms with Gasteiger partial charge in [0.1, 0.15) is 0 Å². The van der Waals surface area contributed by atoms with Crippen molar-refractivity contribution in [1.82, 2.24) is 9.97 Å². The Morgan fingerprint density at radius 1 is 0.565 bits per heavy atom. The molecule has 4 rings (SSSR count). The van der Waals surface area contributed by atoms with E-state index in [1.54, 1.807) is 0 Å². The topological polar surface area (TPSA) is 25.8 Å². The van der Waals surface area contributed by atoms with E-state index in [1.165, 1.54) is 0 Å². The van der Waals surface area contributed by atoms with Crippen molar-refractivity contribution < 1.29 is 0 Å². The van der Waals surface area contributed by atoms with Gasteiger partial charge in [-0.05, 0) is 12.1 Å². The van der Waals surface area contributed by atoms with Crippen molar-refractivity contribution in [2.45, 2.75) is 0 Å². The molecule has 4 aromatic rings. The Balaban J connectivity index is 1.89. The summed E-state index contributed by atoms with van der Waals surface area (Å²) in [5.41, 5.74) is 5.82. The third-order valence-electron chi connectivity index (χ3n) is 3.75. The number of hydrogen-bond acceptors (Lipinski definition) is 2. The molecule has 0 saturated carbocycles. The van der Waals surface area contributed by atoms with Gasteiger partial charge in [0.15, 0.2) is 0 Å². The average Bonchev–Trinajstić information content (AvgIpc) is 2.63. The first-order chi connectivity index (χ1) is 11.4. The van der Waals surface area contributed by atoms with Crippen LogP contribution in [0.1, 0.15) is 0 Å². The van der Waals surface area contributed by atoms with E-state index in [4.69, 9.17) is 9.97 Å². The molecule has 0 bridgehead atoms. The van der Waals surface area contributed by atoms with Crippen LogP contribution in [-0.4, -0.2) is 17.2 Å². The van der Waals surface area contributed by atoms with E-state index >= 15 is 0 Å². The Labute approximate surface area is 136 Å². The predicted molar refractivity (Wildman–Crippen MR) is 96.4 cm³/mol. The maximum Gasteiger partial charge on any atom is 0.220 e. The van der Waals surface area contributed by atoms with Gasteiger partial charge >= 0.3 is 0 Å². The van der Waals surface area contributed by atoms with Crippen LogP contribution in [-0.2, 0) is 0 Å². The van der Waals surface area contributed by atoms with Crippen molar-refractivity contribution in [3.63, 3.8) is 0 Å². The normalized spacial score (nSPS) is 10.6. The molecule has 0 spiro atoms. The molecule has 0 aliphatic heterocycles. The van der Waals surface area contributed by atoms with Crippen LogP contribution >= 0.6 is 0 Å². The van der Waals surface area contributed by atoms with Crippen molar-refractivity contribution in [2.24, 2.45) is 0 Å². The molecule has 0 atom stereocenters. The number of hydrogen-bond donors (Lipinski definition) is 0. The summed E-state index contributed by atoms with van der Waals surface area (Å²) in [4.78, 5) is 9.68. The van der Waals surface area contributed by atoms with Crippen LogP contribution in [0.2, 0.25) is 0 Å². The first-order valence-corrected chi connectivity index (χ1v) is 7.62. The van der Waals surface area contributed by atoms with Gasteiger partial charge in [-0.25, -0.2) is 4.98 Å². The standard InChI is InChI=1S/C20H14BN2/c1-3-9-15(10-4-1)19-20(21-16-11-5-2-6-12-16)23-18-14-8-7-13-17(18)22-19/h1-14H.